The molecule has 0 unspecified atom stereocenters. The van der Waals surface area contributed by atoms with E-state index in [0.29, 0.717) is 107 Å². The quantitative estimate of drug-likeness (QED) is 0.0144. The summed E-state index contributed by atoms with van der Waals surface area (Å²) < 4.78 is 25.8. The van der Waals surface area contributed by atoms with Gasteiger partial charge in [-0.15, -0.1) is 11.3 Å². The Morgan fingerprint density at radius 3 is 1.52 bits per heavy atom. The van der Waals surface area contributed by atoms with Gasteiger partial charge in [0.05, 0.1) is 107 Å². The molecule has 37 heteroatoms. The zero-order valence-electron chi connectivity index (χ0n) is 57.6. The van der Waals surface area contributed by atoms with E-state index in [4.69, 9.17) is 45.5 Å². The molecular weight excluding hydrogens is 1590 g/mol. The van der Waals surface area contributed by atoms with E-state index >= 15 is 0 Å². The normalized spacial score (nSPS) is 14.3. The van der Waals surface area contributed by atoms with Crippen molar-refractivity contribution in [1.29, 1.82) is 0 Å². The van der Waals surface area contributed by atoms with Crippen LogP contribution in [-0.2, 0) is 46.8 Å². The van der Waals surface area contributed by atoms with Gasteiger partial charge in [-0.1, -0.05) is 62.1 Å². The van der Waals surface area contributed by atoms with Crippen LogP contribution in [0, 0.1) is 45.4 Å². The van der Waals surface area contributed by atoms with Gasteiger partial charge >= 0.3 is 47.9 Å². The summed E-state index contributed by atoms with van der Waals surface area (Å²) in [7, 11) is 8.29. The summed E-state index contributed by atoms with van der Waals surface area (Å²) in [5.41, 5.74) is 13.9. The topological polar surface area (TPSA) is 343 Å². The molecule has 4 amide bonds. The molecule has 3 aliphatic carbocycles. The van der Waals surface area contributed by atoms with E-state index in [2.05, 4.69) is 150 Å². The molecule has 0 spiro atoms. The number of aryl methyl sites for hydroxylation is 4. The van der Waals surface area contributed by atoms with Crippen LogP contribution in [0.2, 0.25) is 15.5 Å². The molecule has 5 aliphatic rings. The van der Waals surface area contributed by atoms with E-state index in [-0.39, 0.29) is 35.2 Å². The van der Waals surface area contributed by atoms with Crippen molar-refractivity contribution < 1.29 is 52.3 Å². The molecule has 1 radical (unpaired) electrons. The van der Waals surface area contributed by atoms with E-state index in [0.717, 1.165) is 44.8 Å². The Bertz CT molecular complexity index is 4200. The zero-order valence-corrected chi connectivity index (χ0v) is 67.2. The van der Waals surface area contributed by atoms with E-state index in [9.17, 15) is 42.9 Å². The van der Waals surface area contributed by atoms with Gasteiger partial charge in [0.15, 0.2) is 10.3 Å². The van der Waals surface area contributed by atoms with Crippen LogP contribution < -0.4 is 21.9 Å². The summed E-state index contributed by atoms with van der Waals surface area (Å²) in [6.07, 6.45) is 7.66. The minimum atomic E-state index is -3.22. The van der Waals surface area contributed by atoms with Crippen LogP contribution in [-0.4, -0.2) is 133 Å². The number of esters is 3. The maximum absolute atomic E-state index is 12.6. The molecule has 3 atom stereocenters. The number of aromatic nitrogens is 7. The summed E-state index contributed by atoms with van der Waals surface area (Å²) in [5, 5.41) is 6.90. The molecule has 3 saturated carbocycles. The van der Waals surface area contributed by atoms with Gasteiger partial charge in [-0.2, -0.15) is 0 Å². The van der Waals surface area contributed by atoms with Gasteiger partial charge < -0.3 is 45.4 Å². The number of methoxy groups -OCH3 is 3. The Labute approximate surface area is 643 Å². The first kappa shape index (κ1) is 88.1. The second kappa shape index (κ2) is 42.6. The van der Waals surface area contributed by atoms with Crippen LogP contribution in [0.1, 0.15) is 165 Å². The number of thiazole rings is 2. The number of rotatable bonds is 12. The fourth-order valence-corrected chi connectivity index (χ4v) is 12.2. The molecule has 2 aliphatic heterocycles. The number of carbonyl (C=O) groups is 7. The SMILES string of the molecule is CC(=O)Nc1nc(C)c(-c2ccc3c(n2)CN([C@@H](C)C2CC2)C3=O)s1.CC(=O)Nc1nc(C)cs1.COC(=O)c1ccc(=O)[nH]c1C.COC(=O)c1ccc(Cl)nc1C.COC(=O)c1ccc(Cl)nc1CBr.C[C@@H](C1CC1)N1Cc2nc(Cl)ccc2C1=O.C[C@H](N)C1CC1.O=P(Cl)(Cl)Cl.[B]=NS. The summed E-state index contributed by atoms with van der Waals surface area (Å²) in [6, 6.07) is 17.3. The number of alkyl halides is 1. The Hall–Kier alpha value is -6.28. The van der Waals surface area contributed by atoms with E-state index in [1.165, 1.54) is 109 Å². The molecule has 0 saturated heterocycles. The molecule has 25 nitrogen and oxygen atoms in total. The van der Waals surface area contributed by atoms with Crippen molar-refractivity contribution in [2.24, 2.45) is 27.8 Å². The van der Waals surface area contributed by atoms with Crippen LogP contribution in [0.15, 0.2) is 75.1 Å². The van der Waals surface area contributed by atoms with E-state index < -0.39 is 23.1 Å². The minimum absolute atomic E-state index is 0.0747. The predicted octanol–water partition coefficient (Wildman–Crippen LogP) is 15.6. The summed E-state index contributed by atoms with van der Waals surface area (Å²) >= 11 is 40.2. The summed E-state index contributed by atoms with van der Waals surface area (Å²) in [4.78, 5) is 123. The molecule has 5 N–H and O–H groups in total. The van der Waals surface area contributed by atoms with Crippen LogP contribution in [0.25, 0.3) is 10.6 Å². The number of hydrogen-bond acceptors (Lipinski definition) is 23. The number of carbonyl (C=O) groups excluding carboxylic acids is 7. The number of nitrogens with zero attached hydrogens (tertiary/aromatic N) is 9. The average molecular weight is 1660 g/mol. The van der Waals surface area contributed by atoms with E-state index in [1.54, 1.807) is 50.2 Å². The number of nitrogens with one attached hydrogen (secondary N) is 3. The Morgan fingerprint density at radius 2 is 1.09 bits per heavy atom. The summed E-state index contributed by atoms with van der Waals surface area (Å²) in [5.74, 6) is 0.957. The third kappa shape index (κ3) is 29.7. The Balaban J connectivity index is 0.000000256. The number of fused-ring (bicyclic) bond motifs is 2. The molecule has 0 aromatic carbocycles. The first-order valence-corrected chi connectivity index (χ1v) is 39.8. The molecule has 549 valence electrons. The van der Waals surface area contributed by atoms with Gasteiger partial charge in [-0.05, 0) is 193 Å². The number of pyridine rings is 5. The molecule has 12 rings (SSSR count). The third-order valence-electron chi connectivity index (χ3n) is 15.2. The van der Waals surface area contributed by atoms with Crippen molar-refractivity contribution in [2.45, 2.75) is 137 Å². The average Bonchev–Trinajstić information content (AvgIpc) is 1.63. The van der Waals surface area contributed by atoms with Crippen molar-refractivity contribution in [3.63, 3.8) is 0 Å². The number of thiol groups is 1. The van der Waals surface area contributed by atoms with Crippen molar-refractivity contribution >= 4 is 185 Å². The predicted molar refractivity (Wildman–Crippen MR) is 409 cm³/mol. The first-order chi connectivity index (χ1) is 48.0. The Morgan fingerprint density at radius 1 is 0.657 bits per heavy atom. The van der Waals surface area contributed by atoms with Crippen molar-refractivity contribution in [1.82, 2.24) is 44.7 Å². The summed E-state index contributed by atoms with van der Waals surface area (Å²) in [6.45, 7) is 17.6. The van der Waals surface area contributed by atoms with Gasteiger partial charge in [0.25, 0.3) is 11.8 Å². The van der Waals surface area contributed by atoms with E-state index in [1.807, 2.05) is 41.2 Å². The van der Waals surface area contributed by atoms with Gasteiger partial charge in [0.1, 0.15) is 15.5 Å². The number of ether oxygens (including phenoxy) is 3. The fourth-order valence-electron chi connectivity index (χ4n) is 9.49. The zero-order chi connectivity index (χ0) is 76.5. The first-order valence-electron chi connectivity index (χ1n) is 31.0. The van der Waals surface area contributed by atoms with Crippen LogP contribution in [0.5, 0.6) is 0 Å². The van der Waals surface area contributed by atoms with Gasteiger partial charge in [0.2, 0.25) is 17.4 Å². The molecular formula is C65H77BBrCl6N13O12PS3. The van der Waals surface area contributed by atoms with Crippen molar-refractivity contribution in [3.8, 4) is 10.6 Å². The number of anilines is 2. The number of hydrogen-bond donors (Lipinski definition) is 5. The molecule has 7 aromatic rings. The molecule has 102 heavy (non-hydrogen) atoms. The number of aromatic amines is 1. The number of H-pyrrole nitrogens is 1. The number of amides is 4. The second-order valence-corrected chi connectivity index (χ2v) is 33.5. The molecule has 7 aromatic heterocycles. The molecule has 0 bridgehead atoms. The standard InChI is InChI=1S/C18H20N4O2S.C12H13ClN2O.C8H7BrClNO2.C8H8ClNO2.C8H9NO3.C6H8N2OS.C5H11N.BHNS.Cl3OP/c1-9-16(25-18(19-9)20-11(3)23)14-7-6-13-15(21-14)8-22(17(13)24)10(2)12-4-5-12;1-7(8-2-3-8)15-6-10-9(12(15)16)4-5-11(13)14-10;1-13-8(12)5-2-3-7(10)11-6(5)4-9;1-5-6(8(11)12-2)3-4-7(9)10-5;1-5-6(8(11)12-2)3-4-7(10)9-5;1-4-3-10-6(7-4)8-5(2)9;1-4(6)5-2-3-5;1-2-3;1-5(2,3)4/h6-7,10,12H,4-5,8H2,1-3H3,(H,19,20,23);4-5,7-8H,2-3,6H2,1H3;2-3H,4H2,1H3;3-4H,1-2H3;3-4H,1-2H3,(H,9,10);3H,1-2H3,(H,7,8,9);4-5H,2-3,6H2,1H3;3H;/t10-;7-;;;;;4-;;/m00....0../s1. The van der Waals surface area contributed by atoms with Gasteiger partial charge in [0, 0.05) is 54.4 Å². The maximum atomic E-state index is 12.6. The second-order valence-electron chi connectivity index (χ2n) is 23.0. The Kier molecular flexibility index (Phi) is 36.8. The van der Waals surface area contributed by atoms with Crippen LogP contribution >= 0.6 is 125 Å². The molecule has 3 fully saturated rings. The number of nitrogens with two attached hydrogens (primary N) is 1. The van der Waals surface area contributed by atoms with Gasteiger partial charge in [-0.3, -0.25) is 28.5 Å². The molecule has 9 heterocycles. The van der Waals surface area contributed by atoms with Crippen molar-refractivity contribution in [3.05, 3.63) is 160 Å². The van der Waals surface area contributed by atoms with Crippen LogP contribution in [0.3, 0.4) is 0 Å². The van der Waals surface area contributed by atoms with Crippen LogP contribution in [0.4, 0.5) is 10.3 Å². The van der Waals surface area contributed by atoms with Crippen molar-refractivity contribution in [2.75, 3.05) is 32.0 Å². The third-order valence-corrected chi connectivity index (χ3v) is 18.3. The number of halogens is 7. The van der Waals surface area contributed by atoms with Gasteiger partial charge in [-0.25, -0.2) is 44.3 Å². The fraction of sp³-hybridized carbons (Fsp3) is 0.415. The monoisotopic (exact) mass is 1660 g/mol.